The molecule has 1 spiro atoms. The Morgan fingerprint density at radius 3 is 2.47 bits per heavy atom. The summed E-state index contributed by atoms with van der Waals surface area (Å²) < 4.78 is 59.5. The summed E-state index contributed by atoms with van der Waals surface area (Å²) in [6.07, 6.45) is -5.54. The maximum atomic E-state index is 13.6. The molecule has 14 heteroatoms. The Morgan fingerprint density at radius 1 is 1.16 bits per heavy atom. The van der Waals surface area contributed by atoms with Gasteiger partial charge < -0.3 is 19.7 Å². The van der Waals surface area contributed by atoms with Gasteiger partial charge in [0.15, 0.2) is 0 Å². The predicted molar refractivity (Wildman–Crippen MR) is 130 cm³/mol. The van der Waals surface area contributed by atoms with E-state index in [2.05, 4.69) is 10.6 Å². The summed E-state index contributed by atoms with van der Waals surface area (Å²) in [6.45, 7) is -0.672. The van der Waals surface area contributed by atoms with E-state index in [1.54, 1.807) is 18.2 Å². The number of imide groups is 1. The highest BCUT2D eigenvalue weighted by atomic mass is 32.3. The molecule has 2 N–H and O–H groups in total. The van der Waals surface area contributed by atoms with E-state index in [1.807, 2.05) is 0 Å². The third kappa shape index (κ3) is 5.12. The van der Waals surface area contributed by atoms with Crippen LogP contribution in [0.2, 0.25) is 0 Å². The number of nitrogens with one attached hydrogen (secondary N) is 2. The lowest BCUT2D eigenvalue weighted by Crippen LogP contribution is -2.50. The van der Waals surface area contributed by atoms with E-state index in [0.29, 0.717) is 32.4 Å². The van der Waals surface area contributed by atoms with Gasteiger partial charge in [0.1, 0.15) is 18.4 Å². The number of alkyl halides is 3. The molecule has 0 saturated carbocycles. The lowest BCUT2D eigenvalue weighted by Gasteiger charge is -2.32. The number of benzene rings is 2. The summed E-state index contributed by atoms with van der Waals surface area (Å²) in [5.74, 6) is -1.56. The molecule has 38 heavy (non-hydrogen) atoms. The van der Waals surface area contributed by atoms with Crippen LogP contribution in [0, 0.1) is 5.82 Å². The Labute approximate surface area is 216 Å². The molecule has 1 saturated heterocycles. The molecule has 1 fully saturated rings. The van der Waals surface area contributed by atoms with E-state index in [4.69, 9.17) is 4.18 Å². The normalized spacial score (nSPS) is 20.9. The van der Waals surface area contributed by atoms with Crippen LogP contribution in [0.1, 0.15) is 18.1 Å². The first-order chi connectivity index (χ1) is 17.9. The number of halogens is 4. The Balaban J connectivity index is 1.56. The number of anilines is 1. The van der Waals surface area contributed by atoms with Gasteiger partial charge in [-0.2, -0.15) is 13.2 Å². The molecule has 0 aromatic heterocycles. The molecule has 2 heterocycles. The maximum absolute atomic E-state index is 13.6. The van der Waals surface area contributed by atoms with E-state index in [-0.39, 0.29) is 11.3 Å². The van der Waals surface area contributed by atoms with Crippen molar-refractivity contribution in [3.63, 3.8) is 0 Å². The molecule has 9 nitrogen and oxygen atoms in total. The fraction of sp³-hybridized carbons (Fsp3) is 0.333. The van der Waals surface area contributed by atoms with E-state index in [9.17, 15) is 36.7 Å². The monoisotopic (exact) mass is 556 g/mol. The third-order valence-corrected chi connectivity index (χ3v) is 9.42. The first-order valence-corrected chi connectivity index (χ1v) is 13.2. The molecule has 0 radical (unpaired) electrons. The van der Waals surface area contributed by atoms with Crippen LogP contribution < -0.4 is 10.6 Å². The van der Waals surface area contributed by atoms with Gasteiger partial charge in [0.05, 0.1) is 0 Å². The number of aryl methyl sites for hydroxylation is 1. The van der Waals surface area contributed by atoms with Crippen LogP contribution in [-0.2, 0) is 21.9 Å². The highest BCUT2D eigenvalue weighted by Crippen LogP contribution is 2.67. The number of hydrogen-bond donors (Lipinski definition) is 2. The molecular weight excluding hydrogens is 532 g/mol. The maximum Gasteiger partial charge on any atom is 0.429 e. The minimum atomic E-state index is -4.79. The number of rotatable bonds is 6. The molecule has 2 aliphatic rings. The number of amides is 5. The summed E-state index contributed by atoms with van der Waals surface area (Å²) in [7, 11) is -1.37. The first kappa shape index (κ1) is 27.2. The van der Waals surface area contributed by atoms with Crippen LogP contribution in [0.4, 0.5) is 37.6 Å². The van der Waals surface area contributed by atoms with Gasteiger partial charge in [0.2, 0.25) is 5.91 Å². The minimum Gasteiger partial charge on any atom is -0.385 e. The van der Waals surface area contributed by atoms with Gasteiger partial charge in [0, 0.05) is 40.2 Å². The van der Waals surface area contributed by atoms with Crippen LogP contribution in [0.3, 0.4) is 0 Å². The number of carbonyl (C=O) groups is 4. The summed E-state index contributed by atoms with van der Waals surface area (Å²) in [6, 6.07) is 6.66. The molecule has 1 unspecified atom stereocenters. The fourth-order valence-corrected chi connectivity index (χ4v) is 7.25. The second-order valence-corrected chi connectivity index (χ2v) is 11.4. The second-order valence-electron chi connectivity index (χ2n) is 8.72. The quantitative estimate of drug-likeness (QED) is 0.499. The Bertz CT molecular complexity index is 1290. The van der Waals surface area contributed by atoms with Crippen molar-refractivity contribution in [3.8, 4) is 0 Å². The summed E-state index contributed by atoms with van der Waals surface area (Å²) in [4.78, 5) is 52.3. The van der Waals surface area contributed by atoms with Crippen molar-refractivity contribution < 1.29 is 40.9 Å². The van der Waals surface area contributed by atoms with Gasteiger partial charge in [-0.3, -0.25) is 9.59 Å². The van der Waals surface area contributed by atoms with Gasteiger partial charge in [-0.1, -0.05) is 12.1 Å². The molecule has 0 bridgehead atoms. The smallest absolute Gasteiger partial charge is 0.385 e. The van der Waals surface area contributed by atoms with Crippen molar-refractivity contribution in [2.45, 2.75) is 37.0 Å². The molecule has 2 aliphatic heterocycles. The molecule has 5 amide bonds. The van der Waals surface area contributed by atoms with Crippen LogP contribution in [-0.4, -0.2) is 64.6 Å². The van der Waals surface area contributed by atoms with E-state index < -0.39 is 64.7 Å². The first-order valence-electron chi connectivity index (χ1n) is 11.4. The van der Waals surface area contributed by atoms with Gasteiger partial charge in [-0.25, -0.2) is 18.9 Å². The molecular formula is C24H24F4N4O5S. The molecule has 2 aromatic carbocycles. The van der Waals surface area contributed by atoms with Crippen LogP contribution >= 0.6 is 10.3 Å². The topological polar surface area (TPSA) is 108 Å². The van der Waals surface area contributed by atoms with Crippen LogP contribution in [0.15, 0.2) is 47.4 Å². The number of fused-ring (bicyclic) bond motifs is 2. The largest absolute Gasteiger partial charge is 0.429 e. The Morgan fingerprint density at radius 2 is 1.84 bits per heavy atom. The minimum absolute atomic E-state index is 0.152. The lowest BCUT2D eigenvalue weighted by atomic mass is 10.1. The molecule has 204 valence electrons. The van der Waals surface area contributed by atoms with Gasteiger partial charge >= 0.3 is 23.5 Å². The average molecular weight is 557 g/mol. The predicted octanol–water partition coefficient (Wildman–Crippen LogP) is 4.76. The second kappa shape index (κ2) is 10.2. The zero-order valence-electron chi connectivity index (χ0n) is 20.3. The van der Waals surface area contributed by atoms with Crippen molar-refractivity contribution in [1.82, 2.24) is 15.1 Å². The highest BCUT2D eigenvalue weighted by Gasteiger charge is 2.55. The number of nitrogens with zero attached hydrogens (tertiary/aromatic N) is 2. The standard InChI is InChI=1S/C24H24F4N4O5S/c1-14(24(26,27)28)31(12-15-3-5-17(25)6-4-15)20(33)13-32-22(35)37-38(23(32)36)10-9-16-11-18(7-8-19(16)38)30-21(34)29-2/h3-8,11,14H,9-10,12-13H2,1-2H3,(H2,29,30,34)/t14-/m0/s1. The number of hydrogen-bond acceptors (Lipinski definition) is 5. The van der Waals surface area contributed by atoms with E-state index in [0.717, 1.165) is 19.1 Å². The average Bonchev–Trinajstić information content (AvgIpc) is 3.34. The zero-order valence-corrected chi connectivity index (χ0v) is 21.1. The highest BCUT2D eigenvalue weighted by molar-refractivity contribution is 8.42. The SMILES string of the molecule is CNC(=O)Nc1ccc2c(c1)CCS21OC(=O)N(CC(=O)N(Cc2ccc(F)cc2)[C@@H](C)C(F)(F)F)C1=O. The van der Waals surface area contributed by atoms with E-state index >= 15 is 0 Å². The molecule has 0 aliphatic carbocycles. The van der Waals surface area contributed by atoms with Crippen LogP contribution in [0.5, 0.6) is 0 Å². The number of urea groups is 1. The summed E-state index contributed by atoms with van der Waals surface area (Å²) in [5, 5.41) is 4.24. The number of carbonyl (C=O) groups excluding carboxylic acids is 4. The van der Waals surface area contributed by atoms with Crippen molar-refractivity contribution in [3.05, 3.63) is 59.4 Å². The van der Waals surface area contributed by atoms with Gasteiger partial charge in [-0.05, 0) is 54.8 Å². The van der Waals surface area contributed by atoms with Crippen molar-refractivity contribution in [2.24, 2.45) is 0 Å². The summed E-state index contributed by atoms with van der Waals surface area (Å²) in [5.41, 5.74) is 1.37. The zero-order chi connectivity index (χ0) is 27.8. The lowest BCUT2D eigenvalue weighted by molar-refractivity contribution is -0.187. The van der Waals surface area contributed by atoms with Crippen LogP contribution in [0.25, 0.3) is 0 Å². The van der Waals surface area contributed by atoms with Crippen molar-refractivity contribution in [2.75, 3.05) is 24.7 Å². The fourth-order valence-electron chi connectivity index (χ4n) is 4.21. The molecule has 2 atom stereocenters. The Kier molecular flexibility index (Phi) is 7.28. The van der Waals surface area contributed by atoms with Crippen molar-refractivity contribution >= 4 is 39.3 Å². The molecule has 4 rings (SSSR count). The summed E-state index contributed by atoms with van der Waals surface area (Å²) >= 11 is 0. The van der Waals surface area contributed by atoms with E-state index in [1.165, 1.54) is 19.2 Å². The van der Waals surface area contributed by atoms with Crippen molar-refractivity contribution in [1.29, 1.82) is 0 Å². The molecule has 2 aromatic rings. The Hall–Kier alpha value is -3.81. The van der Waals surface area contributed by atoms with Gasteiger partial charge in [-0.15, -0.1) is 0 Å². The third-order valence-electron chi connectivity index (χ3n) is 6.32. The van der Waals surface area contributed by atoms with Gasteiger partial charge in [0.25, 0.3) is 0 Å².